The zero-order chi connectivity index (χ0) is 42.4. The Hall–Kier alpha value is -8.60. The van der Waals surface area contributed by atoms with Gasteiger partial charge in [0.05, 0.1) is 22.2 Å². The van der Waals surface area contributed by atoms with E-state index in [1.165, 1.54) is 27.1 Å². The third-order valence-electron chi connectivity index (χ3n) is 12.4. The highest BCUT2D eigenvalue weighted by Gasteiger charge is 2.21. The van der Waals surface area contributed by atoms with Crippen LogP contribution in [0.2, 0.25) is 0 Å². The summed E-state index contributed by atoms with van der Waals surface area (Å²) in [5.74, 6) is 0.690. The number of hydrogen-bond acceptors (Lipinski definition) is 3. The molecule has 0 spiro atoms. The SMILES string of the molecule is c1ccc(-c2ccc(-c3nc(-c4cccc(-c5ccccc5)c4)c4cc(-n5c6cc(N(c7ccccc7)c7ccccc7)ccc6c6c7ccccc7ccc65)ccc4n3)cc2)cc1. The molecule has 0 aliphatic rings. The minimum atomic E-state index is 0.690. The van der Waals surface area contributed by atoms with Gasteiger partial charge in [0, 0.05) is 50.0 Å². The van der Waals surface area contributed by atoms with E-state index in [9.17, 15) is 0 Å². The summed E-state index contributed by atoms with van der Waals surface area (Å²) in [4.78, 5) is 13.1. The fourth-order valence-corrected chi connectivity index (χ4v) is 9.32. The Morgan fingerprint density at radius 2 is 0.922 bits per heavy atom. The van der Waals surface area contributed by atoms with Gasteiger partial charge in [0.1, 0.15) is 0 Å². The standard InChI is InChI=1S/C60H40N4/c1-5-16-41(17-6-1)43-28-30-45(31-29-43)60-61-55-36-34-50(39-54(55)59(62-60)47-22-15-21-46(38-47)42-18-7-2-8-19-42)64-56-37-32-44-20-13-14-27-52(44)58(56)53-35-33-51(40-57(53)64)63(48-23-9-3-10-24-48)49-25-11-4-12-26-49/h1-40H. The normalized spacial score (nSPS) is 11.4. The van der Waals surface area contributed by atoms with Crippen LogP contribution in [0.4, 0.5) is 17.1 Å². The Kier molecular flexibility index (Phi) is 9.12. The Bertz CT molecular complexity index is 3600. The number of para-hydroxylation sites is 2. The highest BCUT2D eigenvalue weighted by Crippen LogP contribution is 2.42. The maximum absolute atomic E-state index is 5.44. The molecule has 0 bridgehead atoms. The minimum absolute atomic E-state index is 0.690. The number of nitrogens with zero attached hydrogens (tertiary/aromatic N) is 4. The van der Waals surface area contributed by atoms with Gasteiger partial charge in [0.15, 0.2) is 5.82 Å². The van der Waals surface area contributed by atoms with E-state index in [2.05, 4.69) is 246 Å². The summed E-state index contributed by atoms with van der Waals surface area (Å²) in [7, 11) is 0. The van der Waals surface area contributed by atoms with E-state index in [0.717, 1.165) is 78.2 Å². The second-order valence-corrected chi connectivity index (χ2v) is 16.2. The lowest BCUT2D eigenvalue weighted by molar-refractivity contribution is 1.17. The lowest BCUT2D eigenvalue weighted by atomic mass is 9.99. The van der Waals surface area contributed by atoms with Crippen molar-refractivity contribution in [1.82, 2.24) is 14.5 Å². The Labute approximate surface area is 371 Å². The molecule has 0 saturated carbocycles. The summed E-state index contributed by atoms with van der Waals surface area (Å²) in [6, 6.07) is 86.4. The molecule has 0 unspecified atom stereocenters. The molecule has 0 atom stereocenters. The molecule has 4 nitrogen and oxygen atoms in total. The molecule has 12 aromatic rings. The Morgan fingerprint density at radius 3 is 1.64 bits per heavy atom. The van der Waals surface area contributed by atoms with Gasteiger partial charge < -0.3 is 9.47 Å². The first-order valence-corrected chi connectivity index (χ1v) is 21.7. The fraction of sp³-hybridized carbons (Fsp3) is 0. The van der Waals surface area contributed by atoms with Gasteiger partial charge in [-0.2, -0.15) is 0 Å². The molecule has 0 aliphatic heterocycles. The van der Waals surface area contributed by atoms with Crippen LogP contribution < -0.4 is 4.90 Å². The lowest BCUT2D eigenvalue weighted by Crippen LogP contribution is -2.09. The average Bonchev–Trinajstić information content (AvgIpc) is 3.71. The molecule has 300 valence electrons. The maximum atomic E-state index is 5.44. The first-order chi connectivity index (χ1) is 31.7. The van der Waals surface area contributed by atoms with Crippen LogP contribution in [0.1, 0.15) is 0 Å². The van der Waals surface area contributed by atoms with Crippen LogP contribution in [0.3, 0.4) is 0 Å². The zero-order valence-corrected chi connectivity index (χ0v) is 34.9. The molecule has 0 aliphatic carbocycles. The molecule has 12 rings (SSSR count). The van der Waals surface area contributed by atoms with E-state index in [4.69, 9.17) is 9.97 Å². The number of aromatic nitrogens is 3. The second kappa shape index (κ2) is 15.7. The van der Waals surface area contributed by atoms with Crippen molar-refractivity contribution >= 4 is 60.5 Å². The van der Waals surface area contributed by atoms with Crippen LogP contribution in [0.15, 0.2) is 243 Å². The van der Waals surface area contributed by atoms with E-state index < -0.39 is 0 Å². The highest BCUT2D eigenvalue weighted by atomic mass is 15.1. The van der Waals surface area contributed by atoms with Gasteiger partial charge in [0.2, 0.25) is 0 Å². The smallest absolute Gasteiger partial charge is 0.160 e. The molecule has 2 heterocycles. The van der Waals surface area contributed by atoms with E-state index in [0.29, 0.717) is 5.82 Å². The summed E-state index contributed by atoms with van der Waals surface area (Å²) in [5.41, 5.74) is 15.0. The highest BCUT2D eigenvalue weighted by molar-refractivity contribution is 6.22. The molecule has 64 heavy (non-hydrogen) atoms. The second-order valence-electron chi connectivity index (χ2n) is 16.2. The van der Waals surface area contributed by atoms with Crippen molar-refractivity contribution in [3.8, 4) is 50.6 Å². The predicted octanol–water partition coefficient (Wildman–Crippen LogP) is 16.0. The molecule has 0 saturated heterocycles. The van der Waals surface area contributed by atoms with Gasteiger partial charge in [-0.05, 0) is 99.8 Å². The number of rotatable bonds is 8. The molecular formula is C60H40N4. The Morgan fingerprint density at radius 1 is 0.328 bits per heavy atom. The van der Waals surface area contributed by atoms with Gasteiger partial charge in [-0.25, -0.2) is 9.97 Å². The van der Waals surface area contributed by atoms with Crippen LogP contribution >= 0.6 is 0 Å². The van der Waals surface area contributed by atoms with Crippen LogP contribution in [-0.2, 0) is 0 Å². The number of benzene rings is 10. The minimum Gasteiger partial charge on any atom is -0.310 e. The molecule has 4 heteroatoms. The molecule has 10 aromatic carbocycles. The zero-order valence-electron chi connectivity index (χ0n) is 34.9. The van der Waals surface area contributed by atoms with Crippen molar-refractivity contribution < 1.29 is 0 Å². The van der Waals surface area contributed by atoms with Gasteiger partial charge in [0.25, 0.3) is 0 Å². The summed E-state index contributed by atoms with van der Waals surface area (Å²) in [6.45, 7) is 0. The van der Waals surface area contributed by atoms with Crippen molar-refractivity contribution in [1.29, 1.82) is 0 Å². The van der Waals surface area contributed by atoms with E-state index >= 15 is 0 Å². The van der Waals surface area contributed by atoms with Crippen molar-refractivity contribution in [3.63, 3.8) is 0 Å². The van der Waals surface area contributed by atoms with E-state index in [-0.39, 0.29) is 0 Å². The van der Waals surface area contributed by atoms with Gasteiger partial charge >= 0.3 is 0 Å². The first-order valence-electron chi connectivity index (χ1n) is 21.7. The third kappa shape index (κ3) is 6.57. The monoisotopic (exact) mass is 816 g/mol. The number of fused-ring (bicyclic) bond motifs is 6. The largest absolute Gasteiger partial charge is 0.310 e. The van der Waals surface area contributed by atoms with Gasteiger partial charge in [-0.15, -0.1) is 0 Å². The van der Waals surface area contributed by atoms with Crippen molar-refractivity contribution in [3.05, 3.63) is 243 Å². The summed E-state index contributed by atoms with van der Waals surface area (Å²) in [5, 5.41) is 5.84. The van der Waals surface area contributed by atoms with Crippen molar-refractivity contribution in [2.24, 2.45) is 0 Å². The average molecular weight is 817 g/mol. The topological polar surface area (TPSA) is 34.0 Å². The molecule has 0 amide bonds. The van der Waals surface area contributed by atoms with Crippen LogP contribution in [0.5, 0.6) is 0 Å². The maximum Gasteiger partial charge on any atom is 0.160 e. The van der Waals surface area contributed by atoms with Gasteiger partial charge in [-0.1, -0.05) is 176 Å². The molecular weight excluding hydrogens is 777 g/mol. The summed E-state index contributed by atoms with van der Waals surface area (Å²) < 4.78 is 2.43. The van der Waals surface area contributed by atoms with E-state index in [1.807, 2.05) is 6.07 Å². The van der Waals surface area contributed by atoms with Gasteiger partial charge in [-0.3, -0.25) is 0 Å². The van der Waals surface area contributed by atoms with Crippen molar-refractivity contribution in [2.45, 2.75) is 0 Å². The third-order valence-corrected chi connectivity index (χ3v) is 12.4. The number of anilines is 3. The molecule has 0 radical (unpaired) electrons. The molecule has 2 aromatic heterocycles. The molecule has 0 N–H and O–H groups in total. The quantitative estimate of drug-likeness (QED) is 0.153. The van der Waals surface area contributed by atoms with E-state index in [1.54, 1.807) is 0 Å². The predicted molar refractivity (Wildman–Crippen MR) is 268 cm³/mol. The molecule has 0 fully saturated rings. The number of hydrogen-bond donors (Lipinski definition) is 0. The summed E-state index contributed by atoms with van der Waals surface area (Å²) in [6.07, 6.45) is 0. The summed E-state index contributed by atoms with van der Waals surface area (Å²) >= 11 is 0. The van der Waals surface area contributed by atoms with Crippen LogP contribution in [0.25, 0.3) is 94.1 Å². The lowest BCUT2D eigenvalue weighted by Gasteiger charge is -2.25. The first kappa shape index (κ1) is 37.2. The van der Waals surface area contributed by atoms with Crippen LogP contribution in [-0.4, -0.2) is 14.5 Å². The van der Waals surface area contributed by atoms with Crippen molar-refractivity contribution in [2.75, 3.05) is 4.90 Å². The fourth-order valence-electron chi connectivity index (χ4n) is 9.32. The van der Waals surface area contributed by atoms with Crippen LogP contribution in [0, 0.1) is 0 Å². The Balaban J connectivity index is 1.09.